The standard InChI is InChI=1S/C13H15N3O2/c1-9-14-11-5-4-10(8-12(11)18-9)15-13(17)16-6-2-3-7-16/h4-5,8H,2-3,6-7H2,1H3,(H,15,17). The van der Waals surface area contributed by atoms with Crippen LogP contribution in [0.4, 0.5) is 10.5 Å². The van der Waals surface area contributed by atoms with Crippen LogP contribution in [0.2, 0.25) is 0 Å². The molecule has 0 bridgehead atoms. The lowest BCUT2D eigenvalue weighted by molar-refractivity contribution is 0.222. The Labute approximate surface area is 105 Å². The number of likely N-dealkylation sites (tertiary alicyclic amines) is 1. The average Bonchev–Trinajstić information content (AvgIpc) is 2.95. The maximum Gasteiger partial charge on any atom is 0.321 e. The molecular weight excluding hydrogens is 230 g/mol. The zero-order chi connectivity index (χ0) is 12.5. The molecule has 0 atom stereocenters. The Morgan fingerprint density at radius 2 is 2.17 bits per heavy atom. The van der Waals surface area contributed by atoms with Crippen molar-refractivity contribution in [3.63, 3.8) is 0 Å². The summed E-state index contributed by atoms with van der Waals surface area (Å²) in [6, 6.07) is 5.47. The first kappa shape index (κ1) is 11.1. The monoisotopic (exact) mass is 245 g/mol. The van der Waals surface area contributed by atoms with Crippen molar-refractivity contribution in [2.24, 2.45) is 0 Å². The zero-order valence-electron chi connectivity index (χ0n) is 10.3. The number of hydrogen-bond donors (Lipinski definition) is 1. The first-order valence-electron chi connectivity index (χ1n) is 6.15. The van der Waals surface area contributed by atoms with Crippen LogP contribution < -0.4 is 5.32 Å². The molecule has 2 amide bonds. The molecule has 0 spiro atoms. The average molecular weight is 245 g/mol. The predicted molar refractivity (Wildman–Crippen MR) is 68.6 cm³/mol. The molecule has 5 nitrogen and oxygen atoms in total. The summed E-state index contributed by atoms with van der Waals surface area (Å²) in [5.74, 6) is 0.632. The van der Waals surface area contributed by atoms with E-state index in [2.05, 4.69) is 10.3 Å². The van der Waals surface area contributed by atoms with Gasteiger partial charge in [0, 0.05) is 31.8 Å². The van der Waals surface area contributed by atoms with E-state index in [9.17, 15) is 4.79 Å². The Morgan fingerprint density at radius 1 is 1.39 bits per heavy atom. The van der Waals surface area contributed by atoms with Crippen LogP contribution >= 0.6 is 0 Å². The Bertz CT molecular complexity index is 585. The maximum atomic E-state index is 11.9. The lowest BCUT2D eigenvalue weighted by atomic mass is 10.3. The van der Waals surface area contributed by atoms with Crippen molar-refractivity contribution in [1.29, 1.82) is 0 Å². The number of urea groups is 1. The van der Waals surface area contributed by atoms with Crippen LogP contribution in [0, 0.1) is 6.92 Å². The third kappa shape index (κ3) is 2.03. The van der Waals surface area contributed by atoms with Gasteiger partial charge in [-0.25, -0.2) is 9.78 Å². The molecule has 1 fully saturated rings. The highest BCUT2D eigenvalue weighted by Crippen LogP contribution is 2.20. The highest BCUT2D eigenvalue weighted by Gasteiger charge is 2.17. The molecule has 94 valence electrons. The van der Waals surface area contributed by atoms with Gasteiger partial charge in [-0.05, 0) is 25.0 Å². The first-order chi connectivity index (χ1) is 8.72. The molecule has 18 heavy (non-hydrogen) atoms. The van der Waals surface area contributed by atoms with Crippen LogP contribution in [-0.2, 0) is 0 Å². The van der Waals surface area contributed by atoms with Crippen LogP contribution in [-0.4, -0.2) is 29.0 Å². The zero-order valence-corrected chi connectivity index (χ0v) is 10.3. The Balaban J connectivity index is 1.79. The molecule has 5 heteroatoms. The van der Waals surface area contributed by atoms with Crippen LogP contribution in [0.5, 0.6) is 0 Å². The molecule has 1 aromatic carbocycles. The summed E-state index contributed by atoms with van der Waals surface area (Å²) < 4.78 is 5.44. The Morgan fingerprint density at radius 3 is 2.94 bits per heavy atom. The SMILES string of the molecule is Cc1nc2ccc(NC(=O)N3CCCC3)cc2o1. The molecule has 1 aromatic heterocycles. The molecule has 1 aliphatic heterocycles. The minimum absolute atomic E-state index is 0.0388. The fourth-order valence-electron chi connectivity index (χ4n) is 2.24. The summed E-state index contributed by atoms with van der Waals surface area (Å²) in [4.78, 5) is 18.0. The van der Waals surface area contributed by atoms with Gasteiger partial charge in [0.15, 0.2) is 11.5 Å². The van der Waals surface area contributed by atoms with E-state index in [4.69, 9.17) is 4.42 Å². The smallest absolute Gasteiger partial charge is 0.321 e. The molecule has 1 N–H and O–H groups in total. The second-order valence-corrected chi connectivity index (χ2v) is 4.54. The summed E-state index contributed by atoms with van der Waals surface area (Å²) in [6.07, 6.45) is 2.18. The summed E-state index contributed by atoms with van der Waals surface area (Å²) in [7, 11) is 0. The van der Waals surface area contributed by atoms with Crippen molar-refractivity contribution >= 4 is 22.8 Å². The second-order valence-electron chi connectivity index (χ2n) is 4.54. The largest absolute Gasteiger partial charge is 0.441 e. The van der Waals surface area contributed by atoms with Gasteiger partial charge < -0.3 is 14.6 Å². The van der Waals surface area contributed by atoms with Crippen molar-refractivity contribution in [3.05, 3.63) is 24.1 Å². The van der Waals surface area contributed by atoms with Crippen molar-refractivity contribution in [3.8, 4) is 0 Å². The van der Waals surface area contributed by atoms with Crippen molar-refractivity contribution in [2.45, 2.75) is 19.8 Å². The summed E-state index contributed by atoms with van der Waals surface area (Å²) in [5, 5.41) is 2.88. The molecule has 0 radical (unpaired) electrons. The lowest BCUT2D eigenvalue weighted by Gasteiger charge is -2.15. The summed E-state index contributed by atoms with van der Waals surface area (Å²) in [5.41, 5.74) is 2.26. The highest BCUT2D eigenvalue weighted by atomic mass is 16.3. The van der Waals surface area contributed by atoms with Gasteiger partial charge in [-0.2, -0.15) is 0 Å². The number of nitrogens with zero attached hydrogens (tertiary/aromatic N) is 2. The van der Waals surface area contributed by atoms with Gasteiger partial charge in [0.1, 0.15) is 5.52 Å². The number of nitrogens with one attached hydrogen (secondary N) is 1. The van der Waals surface area contributed by atoms with Gasteiger partial charge in [-0.15, -0.1) is 0 Å². The summed E-state index contributed by atoms with van der Waals surface area (Å²) in [6.45, 7) is 3.49. The molecule has 0 aliphatic carbocycles. The molecule has 1 aliphatic rings. The van der Waals surface area contributed by atoms with E-state index in [0.717, 1.165) is 37.1 Å². The molecular formula is C13H15N3O2. The van der Waals surface area contributed by atoms with E-state index in [1.54, 1.807) is 0 Å². The van der Waals surface area contributed by atoms with Crippen LogP contribution in [0.3, 0.4) is 0 Å². The number of carbonyl (C=O) groups is 1. The second kappa shape index (κ2) is 4.33. The molecule has 3 rings (SSSR count). The minimum Gasteiger partial charge on any atom is -0.441 e. The summed E-state index contributed by atoms with van der Waals surface area (Å²) >= 11 is 0. The third-order valence-electron chi connectivity index (χ3n) is 3.14. The number of benzene rings is 1. The highest BCUT2D eigenvalue weighted by molar-refractivity contribution is 5.91. The van der Waals surface area contributed by atoms with E-state index < -0.39 is 0 Å². The van der Waals surface area contributed by atoms with Gasteiger partial charge in [-0.1, -0.05) is 0 Å². The molecule has 1 saturated heterocycles. The number of rotatable bonds is 1. The number of aromatic nitrogens is 1. The van der Waals surface area contributed by atoms with E-state index >= 15 is 0 Å². The van der Waals surface area contributed by atoms with E-state index in [1.165, 1.54) is 0 Å². The topological polar surface area (TPSA) is 58.4 Å². The van der Waals surface area contributed by atoms with E-state index in [0.29, 0.717) is 11.5 Å². The fraction of sp³-hybridized carbons (Fsp3) is 0.385. The normalized spacial score (nSPS) is 15.3. The number of anilines is 1. The molecule has 2 heterocycles. The van der Waals surface area contributed by atoms with Gasteiger partial charge in [0.25, 0.3) is 0 Å². The lowest BCUT2D eigenvalue weighted by Crippen LogP contribution is -2.32. The number of oxazole rings is 1. The Hall–Kier alpha value is -2.04. The molecule has 0 saturated carbocycles. The Kier molecular flexibility index (Phi) is 2.66. The fourth-order valence-corrected chi connectivity index (χ4v) is 2.24. The predicted octanol–water partition coefficient (Wildman–Crippen LogP) is 2.76. The number of amides is 2. The number of carbonyl (C=O) groups excluding carboxylic acids is 1. The molecule has 2 aromatic rings. The van der Waals surface area contributed by atoms with Gasteiger partial charge in [-0.3, -0.25) is 0 Å². The van der Waals surface area contributed by atoms with Crippen molar-refractivity contribution in [2.75, 3.05) is 18.4 Å². The third-order valence-corrected chi connectivity index (χ3v) is 3.14. The first-order valence-corrected chi connectivity index (χ1v) is 6.15. The molecule has 0 unspecified atom stereocenters. The minimum atomic E-state index is -0.0388. The van der Waals surface area contributed by atoms with Gasteiger partial charge in [0.2, 0.25) is 0 Å². The number of hydrogen-bond acceptors (Lipinski definition) is 3. The quantitative estimate of drug-likeness (QED) is 0.840. The van der Waals surface area contributed by atoms with Crippen molar-refractivity contribution < 1.29 is 9.21 Å². The van der Waals surface area contributed by atoms with Crippen LogP contribution in [0.25, 0.3) is 11.1 Å². The number of aryl methyl sites for hydroxylation is 1. The van der Waals surface area contributed by atoms with E-state index in [1.807, 2.05) is 30.0 Å². The van der Waals surface area contributed by atoms with Crippen LogP contribution in [0.1, 0.15) is 18.7 Å². The maximum absolute atomic E-state index is 11.9. The van der Waals surface area contributed by atoms with Gasteiger partial charge in [0.05, 0.1) is 0 Å². The van der Waals surface area contributed by atoms with E-state index in [-0.39, 0.29) is 6.03 Å². The van der Waals surface area contributed by atoms with Gasteiger partial charge >= 0.3 is 6.03 Å². The van der Waals surface area contributed by atoms with Crippen LogP contribution in [0.15, 0.2) is 22.6 Å². The van der Waals surface area contributed by atoms with Crippen molar-refractivity contribution in [1.82, 2.24) is 9.88 Å². The number of fused-ring (bicyclic) bond motifs is 1.